The van der Waals surface area contributed by atoms with Crippen LogP contribution in [0.4, 0.5) is 5.82 Å². The first-order valence-electron chi connectivity index (χ1n) is 12.7. The molecule has 3 aromatic carbocycles. The van der Waals surface area contributed by atoms with Gasteiger partial charge < -0.3 is 11.1 Å². The molecule has 9 nitrogen and oxygen atoms in total. The number of rotatable bonds is 6. The molecule has 0 aliphatic rings. The number of nitrogens with two attached hydrogens (primary N) is 1. The van der Waals surface area contributed by atoms with Crippen molar-refractivity contribution >= 4 is 40.4 Å². The Morgan fingerprint density at radius 1 is 0.950 bits per heavy atom. The molecule has 6 aromatic rings. The lowest BCUT2D eigenvalue weighted by Crippen LogP contribution is -2.33. The van der Waals surface area contributed by atoms with Gasteiger partial charge in [0.1, 0.15) is 11.4 Å². The first-order chi connectivity index (χ1) is 19.5. The van der Waals surface area contributed by atoms with Gasteiger partial charge in [0.25, 0.3) is 11.5 Å². The predicted molar refractivity (Wildman–Crippen MR) is 156 cm³/mol. The van der Waals surface area contributed by atoms with Crippen molar-refractivity contribution in [1.29, 1.82) is 0 Å². The van der Waals surface area contributed by atoms with Crippen molar-refractivity contribution in [3.8, 4) is 5.69 Å². The van der Waals surface area contributed by atoms with Gasteiger partial charge in [-0.05, 0) is 42.3 Å². The van der Waals surface area contributed by atoms with Gasteiger partial charge in [0.15, 0.2) is 11.5 Å². The van der Waals surface area contributed by atoms with Crippen molar-refractivity contribution < 1.29 is 4.79 Å². The second kappa shape index (κ2) is 10.3. The Morgan fingerprint density at radius 3 is 2.48 bits per heavy atom. The molecule has 40 heavy (non-hydrogen) atoms. The highest BCUT2D eigenvalue weighted by Gasteiger charge is 2.24. The van der Waals surface area contributed by atoms with E-state index in [0.29, 0.717) is 28.1 Å². The third kappa shape index (κ3) is 4.49. The quantitative estimate of drug-likeness (QED) is 0.304. The molecule has 0 bridgehead atoms. The van der Waals surface area contributed by atoms with Crippen LogP contribution >= 0.6 is 0 Å². The Bertz CT molecular complexity index is 1940. The molecule has 0 aliphatic carbocycles. The van der Waals surface area contributed by atoms with E-state index in [-0.39, 0.29) is 16.9 Å². The molecule has 1 unspecified atom stereocenters. The zero-order valence-electron chi connectivity index (χ0n) is 21.6. The fraction of sp³-hybridized carbons (Fsp3) is 0.0645. The number of carbonyl (C=O) groups is 1. The van der Waals surface area contributed by atoms with Crippen molar-refractivity contribution in [2.45, 2.75) is 13.0 Å². The molecule has 0 fully saturated rings. The van der Waals surface area contributed by atoms with Gasteiger partial charge in [-0.1, -0.05) is 72.8 Å². The maximum absolute atomic E-state index is 14.2. The molecule has 9 heteroatoms. The minimum absolute atomic E-state index is 0.0603. The van der Waals surface area contributed by atoms with E-state index >= 15 is 0 Å². The summed E-state index contributed by atoms with van der Waals surface area (Å²) in [5.74, 6) is -0.0263. The molecular formula is C31H25N7O2. The number of hydrogen-bond donors (Lipinski definition) is 2. The van der Waals surface area contributed by atoms with Gasteiger partial charge in [-0.3, -0.25) is 14.2 Å². The van der Waals surface area contributed by atoms with Crippen LogP contribution in [0.2, 0.25) is 0 Å². The summed E-state index contributed by atoms with van der Waals surface area (Å²) in [6.45, 7) is 1.78. The molecule has 3 aromatic heterocycles. The van der Waals surface area contributed by atoms with Gasteiger partial charge in [-0.2, -0.15) is 0 Å². The zero-order chi connectivity index (χ0) is 27.6. The first kappa shape index (κ1) is 24.7. The lowest BCUT2D eigenvalue weighted by Gasteiger charge is -2.20. The highest BCUT2D eigenvalue weighted by molar-refractivity contribution is 6.04. The van der Waals surface area contributed by atoms with Gasteiger partial charge in [-0.25, -0.2) is 14.5 Å². The smallest absolute Gasteiger partial charge is 0.266 e. The van der Waals surface area contributed by atoms with Crippen molar-refractivity contribution in [2.24, 2.45) is 0 Å². The second-order valence-electron chi connectivity index (χ2n) is 9.27. The summed E-state index contributed by atoms with van der Waals surface area (Å²) in [4.78, 5) is 36.7. The van der Waals surface area contributed by atoms with E-state index in [1.807, 2.05) is 84.9 Å². The Morgan fingerprint density at radius 2 is 1.70 bits per heavy atom. The van der Waals surface area contributed by atoms with E-state index in [9.17, 15) is 9.59 Å². The Labute approximate surface area is 229 Å². The molecule has 0 aliphatic heterocycles. The van der Waals surface area contributed by atoms with Crippen molar-refractivity contribution in [1.82, 2.24) is 29.5 Å². The largest absolute Gasteiger partial charge is 0.381 e. The number of hydrogen-bond acceptors (Lipinski definition) is 6. The van der Waals surface area contributed by atoms with Crippen LogP contribution in [0.25, 0.3) is 34.4 Å². The summed E-state index contributed by atoms with van der Waals surface area (Å²) >= 11 is 0. The van der Waals surface area contributed by atoms with Crippen LogP contribution in [-0.4, -0.2) is 30.1 Å². The molecule has 3 N–H and O–H groups in total. The van der Waals surface area contributed by atoms with Gasteiger partial charge in [0.2, 0.25) is 0 Å². The van der Waals surface area contributed by atoms with Crippen molar-refractivity contribution in [2.75, 3.05) is 5.73 Å². The second-order valence-corrected chi connectivity index (χ2v) is 9.27. The minimum atomic E-state index is -0.661. The summed E-state index contributed by atoms with van der Waals surface area (Å²) < 4.78 is 3.00. The molecule has 1 atom stereocenters. The number of aromatic nitrogens is 5. The summed E-state index contributed by atoms with van der Waals surface area (Å²) in [5.41, 5.74) is 9.26. The number of carbonyl (C=O) groups excluding carboxylic acids is 1. The number of benzene rings is 3. The van der Waals surface area contributed by atoms with Crippen LogP contribution in [0.15, 0.2) is 102 Å². The zero-order valence-corrected chi connectivity index (χ0v) is 21.6. The number of nitrogens with one attached hydrogen (secondary N) is 1. The number of nitrogen functional groups attached to an aromatic ring is 1. The lowest BCUT2D eigenvalue weighted by molar-refractivity contribution is 0.0940. The van der Waals surface area contributed by atoms with Crippen molar-refractivity contribution in [3.05, 3.63) is 130 Å². The molecule has 6 rings (SSSR count). The maximum Gasteiger partial charge on any atom is 0.266 e. The highest BCUT2D eigenvalue weighted by Crippen LogP contribution is 2.23. The Balaban J connectivity index is 1.47. The molecule has 0 saturated carbocycles. The fourth-order valence-corrected chi connectivity index (χ4v) is 4.73. The number of fused-ring (bicyclic) bond motifs is 2. The first-order valence-corrected chi connectivity index (χ1v) is 12.7. The van der Waals surface area contributed by atoms with E-state index in [1.165, 1.54) is 4.52 Å². The molecular weight excluding hydrogens is 502 g/mol. The van der Waals surface area contributed by atoms with Gasteiger partial charge >= 0.3 is 0 Å². The minimum Gasteiger partial charge on any atom is -0.381 e. The van der Waals surface area contributed by atoms with Crippen LogP contribution in [0.3, 0.4) is 0 Å². The van der Waals surface area contributed by atoms with Crippen LogP contribution in [0.1, 0.15) is 40.3 Å². The number of amides is 1. The van der Waals surface area contributed by atoms with Crippen molar-refractivity contribution in [3.63, 3.8) is 0 Å². The van der Waals surface area contributed by atoms with Crippen LogP contribution in [-0.2, 0) is 0 Å². The topological polar surface area (TPSA) is 120 Å². The Kier molecular flexibility index (Phi) is 6.37. The molecule has 0 saturated heterocycles. The van der Waals surface area contributed by atoms with Crippen LogP contribution in [0.5, 0.6) is 0 Å². The molecule has 1 amide bonds. The van der Waals surface area contributed by atoms with E-state index < -0.39 is 11.9 Å². The van der Waals surface area contributed by atoms with E-state index in [4.69, 9.17) is 10.7 Å². The summed E-state index contributed by atoms with van der Waals surface area (Å²) in [7, 11) is 0. The highest BCUT2D eigenvalue weighted by atomic mass is 16.2. The van der Waals surface area contributed by atoms with E-state index in [0.717, 1.165) is 11.1 Å². The van der Waals surface area contributed by atoms with Gasteiger partial charge in [-0.15, -0.1) is 5.10 Å². The number of para-hydroxylation sites is 1. The Hall–Kier alpha value is -5.57. The summed E-state index contributed by atoms with van der Waals surface area (Å²) in [5, 5.41) is 7.61. The average molecular weight is 528 g/mol. The van der Waals surface area contributed by atoms with E-state index in [2.05, 4.69) is 15.4 Å². The molecule has 0 radical (unpaired) electrons. The summed E-state index contributed by atoms with van der Waals surface area (Å²) in [6, 6.07) is 25.7. The fourth-order valence-electron chi connectivity index (χ4n) is 4.73. The monoisotopic (exact) mass is 527 g/mol. The lowest BCUT2D eigenvalue weighted by atomic mass is 10.1. The van der Waals surface area contributed by atoms with Crippen LogP contribution < -0.4 is 16.6 Å². The third-order valence-electron chi connectivity index (χ3n) is 6.61. The standard InChI is InChI=1S/C31H25N7O2/c1-20(34-30(39)26-27(32)36-37-19-9-18-33-29(26)37)28-35-24-15-8-12-22(17-16-21-10-4-2-5-11-21)25(24)31(40)38(28)23-13-6-3-7-14-23/h2-20H,1H3,(H2,32,36)(H,34,39). The molecule has 3 heterocycles. The van der Waals surface area contributed by atoms with Gasteiger partial charge in [0, 0.05) is 12.4 Å². The van der Waals surface area contributed by atoms with Gasteiger partial charge in [0.05, 0.1) is 22.6 Å². The third-order valence-corrected chi connectivity index (χ3v) is 6.61. The van der Waals surface area contributed by atoms with Crippen LogP contribution in [0, 0.1) is 0 Å². The van der Waals surface area contributed by atoms with E-state index in [1.54, 1.807) is 36.0 Å². The number of nitrogens with zero attached hydrogens (tertiary/aromatic N) is 5. The number of anilines is 1. The summed E-state index contributed by atoms with van der Waals surface area (Å²) in [6.07, 6.45) is 7.12. The predicted octanol–water partition coefficient (Wildman–Crippen LogP) is 4.67. The normalized spacial score (nSPS) is 12.2. The average Bonchev–Trinajstić information content (AvgIpc) is 3.32. The molecule has 0 spiro atoms. The molecule has 196 valence electrons. The maximum atomic E-state index is 14.2. The SMILES string of the molecule is CC(NC(=O)c1c(N)nn2cccnc12)c1nc2cccc(C=Cc3ccccc3)c2c(=O)n1-c1ccccc1.